The fraction of sp³-hybridized carbons (Fsp3) is 0.167. The highest BCUT2D eigenvalue weighted by molar-refractivity contribution is 7.99. The second-order valence-electron chi connectivity index (χ2n) is 5.49. The van der Waals surface area contributed by atoms with E-state index in [1.165, 1.54) is 17.8 Å². The molecule has 2 aromatic carbocycles. The molecule has 1 aromatic heterocycles. The summed E-state index contributed by atoms with van der Waals surface area (Å²) in [6, 6.07) is 11.9. The zero-order valence-electron chi connectivity index (χ0n) is 13.2. The second-order valence-corrected chi connectivity index (χ2v) is 6.48. The van der Waals surface area contributed by atoms with Gasteiger partial charge in [0.1, 0.15) is 11.6 Å². The van der Waals surface area contributed by atoms with Gasteiger partial charge in [-0.3, -0.25) is 9.36 Å². The molecule has 0 aliphatic heterocycles. The second kappa shape index (κ2) is 7.03. The molecule has 4 nitrogen and oxygen atoms in total. The summed E-state index contributed by atoms with van der Waals surface area (Å²) in [5, 5.41) is 9.54. The Labute approximate surface area is 146 Å². The third-order valence-electron chi connectivity index (χ3n) is 3.58. The Morgan fingerprint density at radius 3 is 2.76 bits per heavy atom. The Morgan fingerprint density at radius 2 is 2.04 bits per heavy atom. The fourth-order valence-corrected chi connectivity index (χ4v) is 3.27. The zero-order valence-corrected chi connectivity index (χ0v) is 14.1. The minimum atomic E-state index is -0.852. The van der Waals surface area contributed by atoms with E-state index in [1.54, 1.807) is 31.2 Å². The number of halogens is 2. The molecule has 0 aliphatic rings. The summed E-state index contributed by atoms with van der Waals surface area (Å²) in [7, 11) is 0. The van der Waals surface area contributed by atoms with Crippen LogP contribution in [0.1, 0.15) is 6.92 Å². The number of rotatable bonds is 4. The molecular formula is C18H13F2N3OS. The summed E-state index contributed by atoms with van der Waals surface area (Å²) in [5.41, 5.74) is -0.0293. The van der Waals surface area contributed by atoms with Gasteiger partial charge < -0.3 is 0 Å². The number of nitriles is 1. The van der Waals surface area contributed by atoms with E-state index in [4.69, 9.17) is 5.26 Å². The third-order valence-corrected chi connectivity index (χ3v) is 4.78. The molecule has 3 aromatic rings. The number of nitrogens with zero attached hydrogens (tertiary/aromatic N) is 3. The van der Waals surface area contributed by atoms with Crippen molar-refractivity contribution < 1.29 is 8.78 Å². The molecular weight excluding hydrogens is 344 g/mol. The molecule has 0 saturated carbocycles. The topological polar surface area (TPSA) is 58.7 Å². The Morgan fingerprint density at radius 1 is 1.28 bits per heavy atom. The van der Waals surface area contributed by atoms with Crippen molar-refractivity contribution in [1.82, 2.24) is 9.55 Å². The van der Waals surface area contributed by atoms with E-state index in [-0.39, 0.29) is 16.8 Å². The van der Waals surface area contributed by atoms with Gasteiger partial charge in [-0.1, -0.05) is 23.9 Å². The fourth-order valence-electron chi connectivity index (χ4n) is 2.32. The molecule has 0 saturated heterocycles. The molecule has 0 fully saturated rings. The van der Waals surface area contributed by atoms with Gasteiger partial charge in [-0.2, -0.15) is 5.26 Å². The summed E-state index contributed by atoms with van der Waals surface area (Å²) in [6.45, 7) is 1.75. The highest BCUT2D eigenvalue weighted by atomic mass is 32.2. The quantitative estimate of drug-likeness (QED) is 0.525. The molecule has 0 radical (unpaired) electrons. The van der Waals surface area contributed by atoms with Crippen LogP contribution in [0.3, 0.4) is 0 Å². The van der Waals surface area contributed by atoms with Crippen molar-refractivity contribution in [3.63, 3.8) is 0 Å². The standard InChI is InChI=1S/C18H13F2N3OS/c1-11(9-21)10-25-18-22-15-5-3-2-4-13(15)17(24)23(18)16-7-6-12(19)8-14(16)20/h2-8,11H,10H2,1H3/t11-/m0/s1. The molecule has 3 rings (SSSR count). The normalized spacial score (nSPS) is 12.1. The van der Waals surface area contributed by atoms with E-state index in [1.807, 2.05) is 0 Å². The number of para-hydroxylation sites is 1. The lowest BCUT2D eigenvalue weighted by atomic mass is 10.2. The van der Waals surface area contributed by atoms with Crippen molar-refractivity contribution in [2.45, 2.75) is 12.1 Å². The minimum Gasteiger partial charge on any atom is -0.268 e. The van der Waals surface area contributed by atoms with Crippen molar-refractivity contribution >= 4 is 22.7 Å². The average molecular weight is 357 g/mol. The first kappa shape index (κ1) is 17.1. The van der Waals surface area contributed by atoms with E-state index in [0.717, 1.165) is 16.7 Å². The lowest BCUT2D eigenvalue weighted by molar-refractivity contribution is 0.572. The summed E-state index contributed by atoms with van der Waals surface area (Å²) in [6.07, 6.45) is 0. The number of thioether (sulfide) groups is 1. The summed E-state index contributed by atoms with van der Waals surface area (Å²) in [5.74, 6) is -1.45. The van der Waals surface area contributed by atoms with E-state index in [2.05, 4.69) is 11.1 Å². The maximum Gasteiger partial charge on any atom is 0.266 e. The van der Waals surface area contributed by atoms with Crippen LogP contribution in [0.15, 0.2) is 52.4 Å². The van der Waals surface area contributed by atoms with Crippen LogP contribution < -0.4 is 5.56 Å². The molecule has 7 heteroatoms. The van der Waals surface area contributed by atoms with Gasteiger partial charge in [-0.15, -0.1) is 0 Å². The summed E-state index contributed by atoms with van der Waals surface area (Å²) < 4.78 is 28.6. The van der Waals surface area contributed by atoms with Crippen molar-refractivity contribution in [1.29, 1.82) is 5.26 Å². The largest absolute Gasteiger partial charge is 0.268 e. The van der Waals surface area contributed by atoms with Gasteiger partial charge in [0.25, 0.3) is 5.56 Å². The van der Waals surface area contributed by atoms with Gasteiger partial charge in [-0.05, 0) is 31.2 Å². The maximum atomic E-state index is 14.3. The molecule has 0 N–H and O–H groups in total. The number of hydrogen-bond acceptors (Lipinski definition) is 4. The SMILES string of the molecule is C[C@@H](C#N)CSc1nc2ccccc2c(=O)n1-c1ccc(F)cc1F. The number of hydrogen-bond donors (Lipinski definition) is 0. The van der Waals surface area contributed by atoms with E-state index < -0.39 is 17.2 Å². The molecule has 1 atom stereocenters. The van der Waals surface area contributed by atoms with Crippen molar-refractivity contribution in [3.05, 3.63) is 64.5 Å². The number of fused-ring (bicyclic) bond motifs is 1. The maximum absolute atomic E-state index is 14.3. The lowest BCUT2D eigenvalue weighted by Crippen LogP contribution is -2.23. The van der Waals surface area contributed by atoms with Crippen molar-refractivity contribution in [2.75, 3.05) is 5.75 Å². The number of benzene rings is 2. The van der Waals surface area contributed by atoms with E-state index >= 15 is 0 Å². The Kier molecular flexibility index (Phi) is 4.81. The number of aromatic nitrogens is 2. The van der Waals surface area contributed by atoms with Crippen LogP contribution in [0.2, 0.25) is 0 Å². The zero-order chi connectivity index (χ0) is 18.0. The van der Waals surface area contributed by atoms with E-state index in [9.17, 15) is 13.6 Å². The molecule has 0 unspecified atom stereocenters. The predicted octanol–water partition coefficient (Wildman–Crippen LogP) is 3.92. The first-order chi connectivity index (χ1) is 12.0. The van der Waals surface area contributed by atoms with Gasteiger partial charge in [0.2, 0.25) is 0 Å². The van der Waals surface area contributed by atoms with Gasteiger partial charge in [0.15, 0.2) is 5.16 Å². The van der Waals surface area contributed by atoms with E-state index in [0.29, 0.717) is 16.7 Å². The van der Waals surface area contributed by atoms with Crippen LogP contribution in [0.4, 0.5) is 8.78 Å². The lowest BCUT2D eigenvalue weighted by Gasteiger charge is -2.14. The van der Waals surface area contributed by atoms with Gasteiger partial charge >= 0.3 is 0 Å². The molecule has 0 bridgehead atoms. The van der Waals surface area contributed by atoms with Crippen molar-refractivity contribution in [2.24, 2.45) is 5.92 Å². The summed E-state index contributed by atoms with van der Waals surface area (Å²) >= 11 is 1.19. The highest BCUT2D eigenvalue weighted by Gasteiger charge is 2.17. The van der Waals surface area contributed by atoms with Gasteiger partial charge in [-0.25, -0.2) is 13.8 Å². The predicted molar refractivity (Wildman–Crippen MR) is 92.8 cm³/mol. The van der Waals surface area contributed by atoms with Crippen molar-refractivity contribution in [3.8, 4) is 11.8 Å². The first-order valence-corrected chi connectivity index (χ1v) is 8.49. The minimum absolute atomic E-state index is 0.0724. The molecule has 0 spiro atoms. The first-order valence-electron chi connectivity index (χ1n) is 7.51. The molecule has 0 amide bonds. The highest BCUT2D eigenvalue weighted by Crippen LogP contribution is 2.24. The van der Waals surface area contributed by atoms with Gasteiger partial charge in [0.05, 0.1) is 28.6 Å². The van der Waals surface area contributed by atoms with Crippen LogP contribution in [-0.2, 0) is 0 Å². The Bertz CT molecular complexity index is 1040. The molecule has 126 valence electrons. The van der Waals surface area contributed by atoms with Crippen LogP contribution in [0.25, 0.3) is 16.6 Å². The monoisotopic (exact) mass is 357 g/mol. The average Bonchev–Trinajstić information content (AvgIpc) is 2.61. The molecule has 25 heavy (non-hydrogen) atoms. The Balaban J connectivity index is 2.25. The van der Waals surface area contributed by atoms with Crippen LogP contribution in [0.5, 0.6) is 0 Å². The molecule has 0 aliphatic carbocycles. The third kappa shape index (κ3) is 3.39. The smallest absolute Gasteiger partial charge is 0.266 e. The summed E-state index contributed by atoms with van der Waals surface area (Å²) in [4.78, 5) is 17.3. The van der Waals surface area contributed by atoms with Crippen LogP contribution >= 0.6 is 11.8 Å². The van der Waals surface area contributed by atoms with Crippen LogP contribution in [0, 0.1) is 28.9 Å². The van der Waals surface area contributed by atoms with Crippen LogP contribution in [-0.4, -0.2) is 15.3 Å². The van der Waals surface area contributed by atoms with Gasteiger partial charge in [0, 0.05) is 11.8 Å². The Hall–Kier alpha value is -2.72. The molecule has 1 heterocycles.